The Labute approximate surface area is 125 Å². The van der Waals surface area contributed by atoms with Gasteiger partial charge in [0.25, 0.3) is 0 Å². The summed E-state index contributed by atoms with van der Waals surface area (Å²) < 4.78 is 5.66. The molecule has 0 heterocycles. The van der Waals surface area contributed by atoms with Crippen LogP contribution in [0.15, 0.2) is 18.2 Å². The molecule has 0 aliphatic heterocycles. The lowest BCUT2D eigenvalue weighted by Crippen LogP contribution is -2.36. The lowest BCUT2D eigenvalue weighted by Gasteiger charge is -2.15. The number of carboxylic acid groups (broad SMARTS) is 1. The lowest BCUT2D eigenvalue weighted by atomic mass is 10.1. The Hall–Kier alpha value is -2.04. The zero-order valence-corrected chi connectivity index (χ0v) is 12.8. The van der Waals surface area contributed by atoms with E-state index in [1.165, 1.54) is 0 Å². The maximum Gasteiger partial charge on any atom is 0.305 e. The van der Waals surface area contributed by atoms with Gasteiger partial charge in [0.2, 0.25) is 5.91 Å². The molecule has 0 bridgehead atoms. The second-order valence-corrected chi connectivity index (χ2v) is 5.09. The molecule has 1 aromatic carbocycles. The van der Waals surface area contributed by atoms with E-state index in [0.717, 1.165) is 16.9 Å². The molecule has 1 atom stereocenters. The van der Waals surface area contributed by atoms with Crippen LogP contribution in [0.2, 0.25) is 0 Å². The SMILES string of the molecule is CCC(CC(=O)O)NC(=O)CCOc1c(C)cccc1C. The third kappa shape index (κ3) is 5.85. The zero-order chi connectivity index (χ0) is 15.8. The smallest absolute Gasteiger partial charge is 0.305 e. The number of ether oxygens (including phenoxy) is 1. The summed E-state index contributed by atoms with van der Waals surface area (Å²) in [6, 6.07) is 5.56. The van der Waals surface area contributed by atoms with Crippen LogP contribution in [0, 0.1) is 13.8 Å². The topological polar surface area (TPSA) is 75.6 Å². The molecular formula is C16H23NO4. The predicted molar refractivity (Wildman–Crippen MR) is 80.5 cm³/mol. The maximum atomic E-state index is 11.8. The fourth-order valence-corrected chi connectivity index (χ4v) is 2.08. The summed E-state index contributed by atoms with van der Waals surface area (Å²) in [7, 11) is 0. The number of rotatable bonds is 8. The van der Waals surface area contributed by atoms with Crippen molar-refractivity contribution in [2.75, 3.05) is 6.61 Å². The maximum absolute atomic E-state index is 11.8. The second-order valence-electron chi connectivity index (χ2n) is 5.09. The number of aryl methyl sites for hydroxylation is 2. The highest BCUT2D eigenvalue weighted by atomic mass is 16.5. The van der Waals surface area contributed by atoms with E-state index in [1.807, 2.05) is 39.0 Å². The molecule has 2 N–H and O–H groups in total. The van der Waals surface area contributed by atoms with E-state index in [4.69, 9.17) is 9.84 Å². The van der Waals surface area contributed by atoms with Crippen molar-refractivity contribution in [3.63, 3.8) is 0 Å². The Kier molecular flexibility index (Phi) is 6.72. The van der Waals surface area contributed by atoms with E-state index < -0.39 is 5.97 Å². The Morgan fingerprint density at radius 2 is 1.90 bits per heavy atom. The van der Waals surface area contributed by atoms with Gasteiger partial charge in [0.15, 0.2) is 0 Å². The molecule has 21 heavy (non-hydrogen) atoms. The number of para-hydroxylation sites is 1. The van der Waals surface area contributed by atoms with Crippen molar-refractivity contribution in [1.82, 2.24) is 5.32 Å². The summed E-state index contributed by atoms with van der Waals surface area (Å²) in [5.74, 6) is -0.286. The van der Waals surface area contributed by atoms with Gasteiger partial charge in [-0.2, -0.15) is 0 Å². The van der Waals surface area contributed by atoms with Crippen molar-refractivity contribution in [2.24, 2.45) is 0 Å². The van der Waals surface area contributed by atoms with Crippen molar-refractivity contribution < 1.29 is 19.4 Å². The number of carboxylic acids is 1. The van der Waals surface area contributed by atoms with Crippen LogP contribution in [-0.2, 0) is 9.59 Å². The number of amides is 1. The van der Waals surface area contributed by atoms with Crippen LogP contribution in [0.3, 0.4) is 0 Å². The van der Waals surface area contributed by atoms with Crippen molar-refractivity contribution >= 4 is 11.9 Å². The summed E-state index contributed by atoms with van der Waals surface area (Å²) in [5.41, 5.74) is 2.07. The van der Waals surface area contributed by atoms with Crippen LogP contribution in [-0.4, -0.2) is 29.6 Å². The molecule has 0 spiro atoms. The van der Waals surface area contributed by atoms with Gasteiger partial charge in [-0.15, -0.1) is 0 Å². The molecule has 116 valence electrons. The highest BCUT2D eigenvalue weighted by Gasteiger charge is 2.14. The lowest BCUT2D eigenvalue weighted by molar-refractivity contribution is -0.137. The van der Waals surface area contributed by atoms with Gasteiger partial charge in [-0.1, -0.05) is 25.1 Å². The molecule has 0 aliphatic rings. The van der Waals surface area contributed by atoms with Gasteiger partial charge in [0.05, 0.1) is 19.4 Å². The molecule has 0 radical (unpaired) electrons. The van der Waals surface area contributed by atoms with Crippen LogP contribution < -0.4 is 10.1 Å². The number of hydrogen-bond donors (Lipinski definition) is 2. The Morgan fingerprint density at radius 1 is 1.29 bits per heavy atom. The minimum Gasteiger partial charge on any atom is -0.493 e. The van der Waals surface area contributed by atoms with Gasteiger partial charge in [-0.3, -0.25) is 9.59 Å². The van der Waals surface area contributed by atoms with Gasteiger partial charge in [-0.25, -0.2) is 0 Å². The molecule has 1 amide bonds. The number of benzene rings is 1. The Balaban J connectivity index is 2.41. The average Bonchev–Trinajstić information content (AvgIpc) is 2.40. The van der Waals surface area contributed by atoms with Gasteiger partial charge in [0, 0.05) is 6.04 Å². The molecule has 1 rings (SSSR count). The van der Waals surface area contributed by atoms with Crippen LogP contribution >= 0.6 is 0 Å². The quantitative estimate of drug-likeness (QED) is 0.772. The fraction of sp³-hybridized carbons (Fsp3) is 0.500. The Bertz CT molecular complexity index is 479. The van der Waals surface area contributed by atoms with E-state index in [0.29, 0.717) is 6.42 Å². The minimum atomic E-state index is -0.908. The molecule has 0 aromatic heterocycles. The van der Waals surface area contributed by atoms with Gasteiger partial charge < -0.3 is 15.2 Å². The van der Waals surface area contributed by atoms with E-state index in [2.05, 4.69) is 5.32 Å². The van der Waals surface area contributed by atoms with E-state index >= 15 is 0 Å². The summed E-state index contributed by atoms with van der Waals surface area (Å²) in [6.07, 6.45) is 0.750. The molecule has 0 saturated heterocycles. The highest BCUT2D eigenvalue weighted by molar-refractivity contribution is 5.77. The first-order chi connectivity index (χ1) is 9.93. The molecule has 1 aromatic rings. The standard InChI is InChI=1S/C16H23NO4/c1-4-13(10-15(19)20)17-14(18)8-9-21-16-11(2)6-5-7-12(16)3/h5-7,13H,4,8-10H2,1-3H3,(H,17,18)(H,19,20). The number of carbonyl (C=O) groups excluding carboxylic acids is 1. The number of hydrogen-bond acceptors (Lipinski definition) is 3. The molecule has 1 unspecified atom stereocenters. The van der Waals surface area contributed by atoms with Crippen LogP contribution in [0.25, 0.3) is 0 Å². The first-order valence-electron chi connectivity index (χ1n) is 7.14. The van der Waals surface area contributed by atoms with Gasteiger partial charge in [-0.05, 0) is 31.4 Å². The van der Waals surface area contributed by atoms with E-state index in [-0.39, 0.29) is 31.4 Å². The van der Waals surface area contributed by atoms with Crippen molar-refractivity contribution in [3.05, 3.63) is 29.3 Å². The molecule has 0 fully saturated rings. The third-order valence-electron chi connectivity index (χ3n) is 3.26. The first-order valence-corrected chi connectivity index (χ1v) is 7.14. The summed E-state index contributed by atoms with van der Waals surface area (Å²) in [5, 5.41) is 11.5. The Morgan fingerprint density at radius 3 is 2.43 bits per heavy atom. The molecule has 5 nitrogen and oxygen atoms in total. The van der Waals surface area contributed by atoms with E-state index in [9.17, 15) is 9.59 Å². The monoisotopic (exact) mass is 293 g/mol. The summed E-state index contributed by atoms with van der Waals surface area (Å²) >= 11 is 0. The normalized spacial score (nSPS) is 11.8. The number of carbonyl (C=O) groups is 2. The molecule has 0 saturated carbocycles. The molecule has 0 aliphatic carbocycles. The first kappa shape index (κ1) is 17.0. The van der Waals surface area contributed by atoms with Gasteiger partial charge in [0.1, 0.15) is 5.75 Å². The molecular weight excluding hydrogens is 270 g/mol. The molecule has 5 heteroatoms. The largest absolute Gasteiger partial charge is 0.493 e. The summed E-state index contributed by atoms with van der Waals surface area (Å²) in [4.78, 5) is 22.4. The van der Waals surface area contributed by atoms with Crippen LogP contribution in [0.1, 0.15) is 37.3 Å². The van der Waals surface area contributed by atoms with Crippen LogP contribution in [0.4, 0.5) is 0 Å². The number of aliphatic carboxylic acids is 1. The highest BCUT2D eigenvalue weighted by Crippen LogP contribution is 2.22. The predicted octanol–water partition coefficient (Wildman–Crippen LogP) is 2.44. The summed E-state index contributed by atoms with van der Waals surface area (Å²) in [6.45, 7) is 6.05. The minimum absolute atomic E-state index is 0.0556. The van der Waals surface area contributed by atoms with Crippen LogP contribution in [0.5, 0.6) is 5.75 Å². The van der Waals surface area contributed by atoms with E-state index in [1.54, 1.807) is 0 Å². The van der Waals surface area contributed by atoms with Crippen molar-refractivity contribution in [2.45, 2.75) is 46.1 Å². The van der Waals surface area contributed by atoms with Crippen molar-refractivity contribution in [3.8, 4) is 5.75 Å². The van der Waals surface area contributed by atoms with Crippen molar-refractivity contribution in [1.29, 1.82) is 0 Å². The second kappa shape index (κ2) is 8.29. The zero-order valence-electron chi connectivity index (χ0n) is 12.8. The van der Waals surface area contributed by atoms with Gasteiger partial charge >= 0.3 is 5.97 Å². The average molecular weight is 293 g/mol. The third-order valence-corrected chi connectivity index (χ3v) is 3.26. The fourth-order valence-electron chi connectivity index (χ4n) is 2.08. The number of nitrogens with one attached hydrogen (secondary N) is 1.